The third-order valence-electron chi connectivity index (χ3n) is 2.34. The fraction of sp³-hybridized carbons (Fsp3) is 0. The summed E-state index contributed by atoms with van der Waals surface area (Å²) in [7, 11) is 0. The maximum absolute atomic E-state index is 4.48. The van der Waals surface area contributed by atoms with Crippen LogP contribution in [0.5, 0.6) is 0 Å². The van der Waals surface area contributed by atoms with Gasteiger partial charge in [-0.05, 0) is 23.7 Å². The minimum Gasteiger partial charge on any atom is -0.191 e. The average Bonchev–Trinajstić information content (AvgIpc) is 2.74. The van der Waals surface area contributed by atoms with E-state index in [0.717, 1.165) is 11.3 Å². The lowest BCUT2D eigenvalue weighted by atomic mass is 10.1. The molecule has 1 heterocycles. The number of rotatable bonds is 1. The Morgan fingerprint density at radius 2 is 1.87 bits per heavy atom. The van der Waals surface area contributed by atoms with Gasteiger partial charge in [0.05, 0.1) is 10.4 Å². The molecule has 0 aliphatic heterocycles. The summed E-state index contributed by atoms with van der Waals surface area (Å²) in [5, 5.41) is 1.21. The van der Waals surface area contributed by atoms with E-state index in [1.165, 1.54) is 21.6 Å². The highest BCUT2D eigenvalue weighted by Gasteiger charge is 2.06. The van der Waals surface area contributed by atoms with Crippen molar-refractivity contribution in [2.45, 2.75) is 0 Å². The van der Waals surface area contributed by atoms with Crippen LogP contribution >= 0.6 is 11.5 Å². The molecule has 0 unspecified atom stereocenters. The molecule has 2 aromatic carbocycles. The molecule has 0 bridgehead atoms. The molecule has 3 aromatic rings. The molecule has 1 aromatic heterocycles. The first-order chi connectivity index (χ1) is 7.45. The fourth-order valence-electron chi connectivity index (χ4n) is 1.62. The van der Waals surface area contributed by atoms with E-state index in [2.05, 4.69) is 22.6 Å². The molecule has 0 aliphatic carbocycles. The normalized spacial score (nSPS) is 10.7. The van der Waals surface area contributed by atoms with Crippen LogP contribution in [0, 0.1) is 6.07 Å². The molecule has 0 fully saturated rings. The van der Waals surface area contributed by atoms with Crippen molar-refractivity contribution in [1.82, 2.24) is 4.37 Å². The summed E-state index contributed by atoms with van der Waals surface area (Å²) in [6, 6.07) is 19.4. The maximum atomic E-state index is 4.48. The fourth-order valence-corrected chi connectivity index (χ4v) is 2.41. The number of hydrogen-bond acceptors (Lipinski definition) is 2. The molecule has 3 rings (SSSR count). The van der Waals surface area contributed by atoms with E-state index < -0.39 is 0 Å². The molecule has 0 atom stereocenters. The number of nitrogens with zero attached hydrogens (tertiary/aromatic N) is 1. The van der Waals surface area contributed by atoms with Crippen molar-refractivity contribution in [1.29, 1.82) is 0 Å². The second kappa shape index (κ2) is 3.48. The van der Waals surface area contributed by atoms with Gasteiger partial charge in [-0.25, -0.2) is 0 Å². The Hall–Kier alpha value is -1.67. The maximum Gasteiger partial charge on any atom is 0.0925 e. The van der Waals surface area contributed by atoms with Gasteiger partial charge in [0.15, 0.2) is 0 Å². The zero-order valence-electron chi connectivity index (χ0n) is 7.97. The zero-order chi connectivity index (χ0) is 10.1. The van der Waals surface area contributed by atoms with Crippen LogP contribution < -0.4 is 0 Å². The van der Waals surface area contributed by atoms with Crippen LogP contribution in [0.15, 0.2) is 48.5 Å². The van der Waals surface area contributed by atoms with Gasteiger partial charge < -0.3 is 0 Å². The molecule has 0 saturated heterocycles. The van der Waals surface area contributed by atoms with Gasteiger partial charge in [-0.15, -0.1) is 0 Å². The molecular formula is C13H8NS. The van der Waals surface area contributed by atoms with Gasteiger partial charge in [-0.1, -0.05) is 42.5 Å². The first-order valence-corrected chi connectivity index (χ1v) is 5.54. The predicted octanol–water partition coefficient (Wildman–Crippen LogP) is 3.76. The van der Waals surface area contributed by atoms with E-state index in [1.54, 1.807) is 0 Å². The van der Waals surface area contributed by atoms with E-state index in [9.17, 15) is 0 Å². The van der Waals surface area contributed by atoms with Crippen LogP contribution in [0.1, 0.15) is 0 Å². The summed E-state index contributed by atoms with van der Waals surface area (Å²) in [6.45, 7) is 0. The summed E-state index contributed by atoms with van der Waals surface area (Å²) in [6.07, 6.45) is 0. The lowest BCUT2D eigenvalue weighted by Gasteiger charge is -1.95. The third kappa shape index (κ3) is 1.43. The molecule has 0 spiro atoms. The van der Waals surface area contributed by atoms with Crippen molar-refractivity contribution in [3.05, 3.63) is 54.6 Å². The molecule has 15 heavy (non-hydrogen) atoms. The van der Waals surface area contributed by atoms with Gasteiger partial charge in [0.1, 0.15) is 0 Å². The predicted molar refractivity (Wildman–Crippen MR) is 63.9 cm³/mol. The highest BCUT2D eigenvalue weighted by molar-refractivity contribution is 7.13. The number of hydrogen-bond donors (Lipinski definition) is 0. The first-order valence-electron chi connectivity index (χ1n) is 4.77. The SMILES string of the molecule is [c]1ccccc1-c1nsc2ccccc12. The number of benzene rings is 2. The minimum atomic E-state index is 1.04. The molecular weight excluding hydrogens is 202 g/mol. The van der Waals surface area contributed by atoms with E-state index in [-0.39, 0.29) is 0 Å². The Labute approximate surface area is 92.2 Å². The largest absolute Gasteiger partial charge is 0.191 e. The highest BCUT2D eigenvalue weighted by atomic mass is 32.1. The second-order valence-electron chi connectivity index (χ2n) is 3.30. The Bertz CT molecular complexity index is 584. The van der Waals surface area contributed by atoms with Crippen molar-refractivity contribution in [3.63, 3.8) is 0 Å². The average molecular weight is 210 g/mol. The van der Waals surface area contributed by atoms with Gasteiger partial charge >= 0.3 is 0 Å². The van der Waals surface area contributed by atoms with Crippen LogP contribution in [0.3, 0.4) is 0 Å². The lowest BCUT2D eigenvalue weighted by molar-refractivity contribution is 1.54. The molecule has 1 nitrogen and oxygen atoms in total. The van der Waals surface area contributed by atoms with Gasteiger partial charge in [0.25, 0.3) is 0 Å². The van der Waals surface area contributed by atoms with Gasteiger partial charge in [0.2, 0.25) is 0 Å². The monoisotopic (exact) mass is 210 g/mol. The van der Waals surface area contributed by atoms with Gasteiger partial charge in [-0.3, -0.25) is 0 Å². The first kappa shape index (κ1) is 8.62. The van der Waals surface area contributed by atoms with E-state index in [4.69, 9.17) is 0 Å². The van der Waals surface area contributed by atoms with Crippen LogP contribution in [0.25, 0.3) is 21.3 Å². The van der Waals surface area contributed by atoms with Crippen molar-refractivity contribution in [3.8, 4) is 11.3 Å². The number of fused-ring (bicyclic) bond motifs is 1. The Kier molecular flexibility index (Phi) is 2.00. The van der Waals surface area contributed by atoms with Crippen molar-refractivity contribution < 1.29 is 0 Å². The van der Waals surface area contributed by atoms with Gasteiger partial charge in [0, 0.05) is 10.9 Å². The Balaban J connectivity index is 2.28. The molecule has 71 valence electrons. The quantitative estimate of drug-likeness (QED) is 0.596. The van der Waals surface area contributed by atoms with Crippen LogP contribution in [-0.4, -0.2) is 4.37 Å². The lowest BCUT2D eigenvalue weighted by Crippen LogP contribution is -1.76. The molecule has 0 N–H and O–H groups in total. The van der Waals surface area contributed by atoms with Crippen LogP contribution in [0.4, 0.5) is 0 Å². The standard InChI is InChI=1S/C13H8NS/c1-2-6-10(7-3-1)13-11-8-4-5-9-12(11)15-14-13/h1-6,8-9H. The summed E-state index contributed by atoms with van der Waals surface area (Å²) in [4.78, 5) is 0. The Morgan fingerprint density at radius 1 is 1.00 bits per heavy atom. The Morgan fingerprint density at radius 3 is 2.73 bits per heavy atom. The smallest absolute Gasteiger partial charge is 0.0925 e. The van der Waals surface area contributed by atoms with Gasteiger partial charge in [-0.2, -0.15) is 4.37 Å². The summed E-state index contributed by atoms with van der Waals surface area (Å²) in [5.41, 5.74) is 2.10. The van der Waals surface area contributed by atoms with Crippen molar-refractivity contribution in [2.24, 2.45) is 0 Å². The molecule has 0 saturated carbocycles. The molecule has 0 amide bonds. The summed E-state index contributed by atoms with van der Waals surface area (Å²) < 4.78 is 5.70. The molecule has 2 heteroatoms. The third-order valence-corrected chi connectivity index (χ3v) is 3.17. The topological polar surface area (TPSA) is 12.9 Å². The molecule has 1 radical (unpaired) electrons. The summed E-state index contributed by atoms with van der Waals surface area (Å²) >= 11 is 1.54. The number of aromatic nitrogens is 1. The highest BCUT2D eigenvalue weighted by Crippen LogP contribution is 2.29. The van der Waals surface area contributed by atoms with Crippen LogP contribution in [-0.2, 0) is 0 Å². The van der Waals surface area contributed by atoms with Crippen molar-refractivity contribution in [2.75, 3.05) is 0 Å². The van der Waals surface area contributed by atoms with E-state index in [1.807, 2.05) is 36.4 Å². The minimum absolute atomic E-state index is 1.04. The zero-order valence-corrected chi connectivity index (χ0v) is 8.79. The summed E-state index contributed by atoms with van der Waals surface area (Å²) in [5.74, 6) is 0. The van der Waals surface area contributed by atoms with E-state index in [0.29, 0.717) is 0 Å². The van der Waals surface area contributed by atoms with Crippen LogP contribution in [0.2, 0.25) is 0 Å². The van der Waals surface area contributed by atoms with E-state index >= 15 is 0 Å². The molecule has 0 aliphatic rings. The second-order valence-corrected chi connectivity index (χ2v) is 4.11. The van der Waals surface area contributed by atoms with Crippen molar-refractivity contribution >= 4 is 21.6 Å².